The fraction of sp³-hybridized carbons (Fsp3) is 0.545. The average Bonchev–Trinajstić information content (AvgIpc) is 2.01. The van der Waals surface area contributed by atoms with Crippen molar-refractivity contribution in [3.05, 3.63) is 24.3 Å². The second-order valence-electron chi connectivity index (χ2n) is 4.32. The molecule has 78 valence electrons. The summed E-state index contributed by atoms with van der Waals surface area (Å²) in [6.45, 7) is 5.42. The van der Waals surface area contributed by atoms with Crippen LogP contribution in [0, 0.1) is 5.92 Å². The molecule has 14 heavy (non-hydrogen) atoms. The Morgan fingerprint density at radius 3 is 2.36 bits per heavy atom. The molecule has 0 bridgehead atoms. The molecule has 0 heterocycles. The van der Waals surface area contributed by atoms with Crippen molar-refractivity contribution in [2.45, 2.75) is 32.5 Å². The van der Waals surface area contributed by atoms with Gasteiger partial charge in [-0.3, -0.25) is 4.79 Å². The van der Waals surface area contributed by atoms with E-state index in [2.05, 4.69) is 0 Å². The van der Waals surface area contributed by atoms with Gasteiger partial charge >= 0.3 is 5.97 Å². The van der Waals surface area contributed by atoms with Crippen LogP contribution in [-0.4, -0.2) is 22.8 Å². The number of allylic oxidation sites excluding steroid dienone is 2. The van der Waals surface area contributed by atoms with Crippen molar-refractivity contribution >= 4 is 5.97 Å². The lowest BCUT2D eigenvalue weighted by Crippen LogP contribution is -2.33. The highest BCUT2D eigenvalue weighted by molar-refractivity contribution is 5.76. The molecule has 0 aromatic rings. The molecule has 0 spiro atoms. The molecule has 0 aromatic carbocycles. The summed E-state index contributed by atoms with van der Waals surface area (Å²) in [6, 6.07) is 0. The molecule has 0 saturated carbocycles. The van der Waals surface area contributed by atoms with Crippen LogP contribution in [-0.2, 0) is 9.53 Å². The molecule has 1 aliphatic carbocycles. The molecule has 1 aliphatic rings. The van der Waals surface area contributed by atoms with E-state index in [9.17, 15) is 9.90 Å². The second kappa shape index (κ2) is 3.96. The average molecular weight is 196 g/mol. The maximum absolute atomic E-state index is 11.6. The topological polar surface area (TPSA) is 46.5 Å². The number of ether oxygens (including phenoxy) is 1. The number of hydrogen-bond donors (Lipinski definition) is 1. The van der Waals surface area contributed by atoms with Crippen LogP contribution in [0.25, 0.3) is 0 Å². The Morgan fingerprint density at radius 2 is 1.86 bits per heavy atom. The molecule has 0 aliphatic heterocycles. The highest BCUT2D eigenvalue weighted by Gasteiger charge is 2.28. The Balaban J connectivity index is 2.62. The molecule has 0 amide bonds. The Morgan fingerprint density at radius 1 is 1.29 bits per heavy atom. The van der Waals surface area contributed by atoms with Crippen molar-refractivity contribution in [3.8, 4) is 0 Å². The van der Waals surface area contributed by atoms with E-state index >= 15 is 0 Å². The van der Waals surface area contributed by atoms with Gasteiger partial charge in [-0.1, -0.05) is 24.3 Å². The zero-order chi connectivity index (χ0) is 10.8. The van der Waals surface area contributed by atoms with E-state index in [0.717, 1.165) is 0 Å². The summed E-state index contributed by atoms with van der Waals surface area (Å²) in [7, 11) is 0. The maximum atomic E-state index is 11.6. The summed E-state index contributed by atoms with van der Waals surface area (Å²) in [5, 5.41) is 9.50. The normalized spacial score (nSPS) is 26.3. The maximum Gasteiger partial charge on any atom is 0.316 e. The van der Waals surface area contributed by atoms with Crippen LogP contribution in [0.15, 0.2) is 24.3 Å². The molecule has 0 saturated heterocycles. The number of esters is 1. The van der Waals surface area contributed by atoms with Gasteiger partial charge in [0.25, 0.3) is 0 Å². The smallest absolute Gasteiger partial charge is 0.316 e. The van der Waals surface area contributed by atoms with Crippen LogP contribution in [0.3, 0.4) is 0 Å². The zero-order valence-corrected chi connectivity index (χ0v) is 8.73. The van der Waals surface area contributed by atoms with Crippen molar-refractivity contribution in [2.75, 3.05) is 0 Å². The van der Waals surface area contributed by atoms with Gasteiger partial charge in [-0.15, -0.1) is 0 Å². The summed E-state index contributed by atoms with van der Waals surface area (Å²) in [6.07, 6.45) is 5.91. The molecule has 2 atom stereocenters. The van der Waals surface area contributed by atoms with Gasteiger partial charge in [0.05, 0.1) is 6.10 Å². The third-order valence-electron chi connectivity index (χ3n) is 1.78. The minimum Gasteiger partial charge on any atom is -0.459 e. The van der Waals surface area contributed by atoms with E-state index in [1.165, 1.54) is 0 Å². The van der Waals surface area contributed by atoms with Gasteiger partial charge in [0.2, 0.25) is 0 Å². The number of rotatable bonds is 1. The first kappa shape index (κ1) is 11.0. The van der Waals surface area contributed by atoms with Gasteiger partial charge in [-0.2, -0.15) is 0 Å². The van der Waals surface area contributed by atoms with Crippen LogP contribution < -0.4 is 0 Å². The number of aliphatic hydroxyl groups excluding tert-OH is 1. The first-order valence-corrected chi connectivity index (χ1v) is 4.66. The molecule has 1 N–H and O–H groups in total. The van der Waals surface area contributed by atoms with Gasteiger partial charge in [0.15, 0.2) is 0 Å². The van der Waals surface area contributed by atoms with Crippen LogP contribution >= 0.6 is 0 Å². The fourth-order valence-electron chi connectivity index (χ4n) is 1.18. The summed E-state index contributed by atoms with van der Waals surface area (Å²) < 4.78 is 5.16. The molecule has 0 radical (unpaired) electrons. The SMILES string of the molecule is CC(C)(C)OC(=O)C1C=CC=CC1O. The van der Waals surface area contributed by atoms with Crippen LogP contribution in [0.4, 0.5) is 0 Å². The van der Waals surface area contributed by atoms with Gasteiger partial charge < -0.3 is 9.84 Å². The van der Waals surface area contributed by atoms with Crippen molar-refractivity contribution < 1.29 is 14.6 Å². The molecule has 2 unspecified atom stereocenters. The largest absolute Gasteiger partial charge is 0.459 e. The molecular weight excluding hydrogens is 180 g/mol. The molecule has 3 heteroatoms. The third kappa shape index (κ3) is 3.00. The Hall–Kier alpha value is -1.09. The van der Waals surface area contributed by atoms with E-state index in [1.807, 2.05) is 0 Å². The van der Waals surface area contributed by atoms with E-state index in [0.29, 0.717) is 0 Å². The van der Waals surface area contributed by atoms with Crippen LogP contribution in [0.1, 0.15) is 20.8 Å². The number of carbonyl (C=O) groups is 1. The van der Waals surface area contributed by atoms with Gasteiger partial charge in [-0.05, 0) is 20.8 Å². The quantitative estimate of drug-likeness (QED) is 0.645. The highest BCUT2D eigenvalue weighted by Crippen LogP contribution is 2.18. The van der Waals surface area contributed by atoms with Gasteiger partial charge in [0, 0.05) is 0 Å². The van der Waals surface area contributed by atoms with E-state index in [4.69, 9.17) is 4.74 Å². The lowest BCUT2D eigenvalue weighted by Gasteiger charge is -2.24. The molecular formula is C11H16O3. The Bertz CT molecular complexity index is 271. The highest BCUT2D eigenvalue weighted by atomic mass is 16.6. The summed E-state index contributed by atoms with van der Waals surface area (Å²) in [4.78, 5) is 11.6. The standard InChI is InChI=1S/C11H16O3/c1-11(2,3)14-10(13)8-6-4-5-7-9(8)12/h4-9,12H,1-3H3. The first-order valence-electron chi connectivity index (χ1n) is 4.66. The molecule has 0 fully saturated rings. The van der Waals surface area contributed by atoms with Gasteiger partial charge in [0.1, 0.15) is 11.5 Å². The summed E-state index contributed by atoms with van der Waals surface area (Å²) in [5.41, 5.74) is -0.508. The lowest BCUT2D eigenvalue weighted by atomic mass is 9.98. The fourth-order valence-corrected chi connectivity index (χ4v) is 1.18. The third-order valence-corrected chi connectivity index (χ3v) is 1.78. The summed E-state index contributed by atoms with van der Waals surface area (Å²) >= 11 is 0. The monoisotopic (exact) mass is 196 g/mol. The lowest BCUT2D eigenvalue weighted by molar-refractivity contribution is -0.160. The van der Waals surface area contributed by atoms with E-state index < -0.39 is 17.6 Å². The van der Waals surface area contributed by atoms with Crippen molar-refractivity contribution in [3.63, 3.8) is 0 Å². The van der Waals surface area contributed by atoms with Crippen LogP contribution in [0.2, 0.25) is 0 Å². The van der Waals surface area contributed by atoms with E-state index in [1.54, 1.807) is 45.1 Å². The number of carbonyl (C=O) groups excluding carboxylic acids is 1. The minimum atomic E-state index is -0.769. The zero-order valence-electron chi connectivity index (χ0n) is 8.73. The molecule has 3 nitrogen and oxygen atoms in total. The van der Waals surface area contributed by atoms with Crippen molar-refractivity contribution in [1.29, 1.82) is 0 Å². The Kier molecular flexibility index (Phi) is 3.11. The van der Waals surface area contributed by atoms with Crippen molar-refractivity contribution in [2.24, 2.45) is 5.92 Å². The number of aliphatic hydroxyl groups is 1. The molecule has 0 aromatic heterocycles. The predicted molar refractivity (Wildman–Crippen MR) is 53.6 cm³/mol. The summed E-state index contributed by atoms with van der Waals surface area (Å²) in [5.74, 6) is -0.954. The van der Waals surface area contributed by atoms with Crippen LogP contribution in [0.5, 0.6) is 0 Å². The second-order valence-corrected chi connectivity index (χ2v) is 4.32. The van der Waals surface area contributed by atoms with Crippen molar-refractivity contribution in [1.82, 2.24) is 0 Å². The Labute approximate surface area is 84.1 Å². The van der Waals surface area contributed by atoms with Gasteiger partial charge in [-0.25, -0.2) is 0 Å². The predicted octanol–water partition coefficient (Wildman–Crippen LogP) is 1.43. The minimum absolute atomic E-state index is 0.384. The number of hydrogen-bond acceptors (Lipinski definition) is 3. The van der Waals surface area contributed by atoms with E-state index in [-0.39, 0.29) is 5.97 Å². The molecule has 1 rings (SSSR count). The first-order chi connectivity index (χ1) is 6.40.